The Balaban J connectivity index is 1.22. The maximum atomic E-state index is 14.5. The summed E-state index contributed by atoms with van der Waals surface area (Å²) in [5.41, 5.74) is 4.40. The molecule has 0 saturated heterocycles. The Labute approximate surface area is 283 Å². The van der Waals surface area contributed by atoms with Gasteiger partial charge in [0, 0.05) is 36.7 Å². The standard InChI is InChI=1S/C38H50N4O6/c1-25(2)34-41-31(23-47-34)28-11-18-39-33(22-28)42(35(44)27-5-8-30(9-6-27)48-36(45)40-19-20-43)24-37-12-15-38(16-13-37,17-14-37)29-7-10-32(46-4)26(3)21-29/h7,10-11,18,21-23,25,27,30,43H,5-6,8-9,12-17,19-20,24H2,1-4H3,(H,40,45). The minimum atomic E-state index is -0.524. The molecule has 2 heterocycles. The number of rotatable bonds is 11. The van der Waals surface area contributed by atoms with Crippen molar-refractivity contribution in [2.24, 2.45) is 11.3 Å². The second-order valence-corrected chi connectivity index (χ2v) is 14.5. The van der Waals surface area contributed by atoms with E-state index in [1.165, 1.54) is 11.1 Å². The van der Waals surface area contributed by atoms with E-state index in [0.29, 0.717) is 43.9 Å². The van der Waals surface area contributed by atoms with Crippen molar-refractivity contribution < 1.29 is 28.6 Å². The highest BCUT2D eigenvalue weighted by molar-refractivity contribution is 5.95. The first-order valence-corrected chi connectivity index (χ1v) is 17.6. The molecule has 2 N–H and O–H groups in total. The fraction of sp³-hybridized carbons (Fsp3) is 0.579. The Kier molecular flexibility index (Phi) is 10.1. The van der Waals surface area contributed by atoms with Gasteiger partial charge < -0.3 is 24.3 Å². The highest BCUT2D eigenvalue weighted by atomic mass is 16.6. The molecule has 0 aliphatic heterocycles. The Morgan fingerprint density at radius 1 is 1.06 bits per heavy atom. The number of hydrogen-bond donors (Lipinski definition) is 2. The number of carbonyl (C=O) groups excluding carboxylic acids is 2. The van der Waals surface area contributed by atoms with E-state index in [1.807, 2.05) is 30.9 Å². The van der Waals surface area contributed by atoms with E-state index in [1.54, 1.807) is 19.6 Å². The van der Waals surface area contributed by atoms with Crippen molar-refractivity contribution in [3.8, 4) is 17.0 Å². The van der Waals surface area contributed by atoms with Crippen molar-refractivity contribution in [3.05, 3.63) is 59.8 Å². The minimum Gasteiger partial charge on any atom is -0.496 e. The highest BCUT2D eigenvalue weighted by Crippen LogP contribution is 2.58. The number of pyridine rings is 1. The molecule has 2 aromatic heterocycles. The van der Waals surface area contributed by atoms with Crippen molar-refractivity contribution in [1.29, 1.82) is 0 Å². The van der Waals surface area contributed by atoms with Crippen LogP contribution in [0.3, 0.4) is 0 Å². The molecule has 2 amide bonds. The molecule has 0 atom stereocenters. The van der Waals surface area contributed by atoms with Gasteiger partial charge in [-0.15, -0.1) is 0 Å². The number of aliphatic hydroxyl groups is 1. The Morgan fingerprint density at radius 2 is 1.79 bits per heavy atom. The summed E-state index contributed by atoms with van der Waals surface area (Å²) in [5.74, 6) is 2.34. The lowest BCUT2D eigenvalue weighted by atomic mass is 9.51. The number of fused-ring (bicyclic) bond motifs is 3. The Morgan fingerprint density at radius 3 is 2.42 bits per heavy atom. The Bertz CT molecular complexity index is 1570. The van der Waals surface area contributed by atoms with Crippen LogP contribution in [0.15, 0.2) is 47.2 Å². The van der Waals surface area contributed by atoms with E-state index in [-0.39, 0.29) is 47.8 Å². The molecule has 7 rings (SSSR count). The van der Waals surface area contributed by atoms with Crippen molar-refractivity contribution in [2.45, 2.75) is 102 Å². The van der Waals surface area contributed by atoms with Crippen LogP contribution in [0, 0.1) is 18.3 Å². The van der Waals surface area contributed by atoms with Gasteiger partial charge in [-0.1, -0.05) is 26.0 Å². The smallest absolute Gasteiger partial charge is 0.407 e. The quantitative estimate of drug-likeness (QED) is 0.224. The fourth-order valence-corrected chi connectivity index (χ4v) is 8.16. The molecule has 1 aromatic carbocycles. The molecular formula is C38H50N4O6. The molecule has 10 heteroatoms. The van der Waals surface area contributed by atoms with Crippen LogP contribution < -0.4 is 15.0 Å². The number of aliphatic hydroxyl groups excluding tert-OH is 1. The third-order valence-corrected chi connectivity index (χ3v) is 11.2. The van der Waals surface area contributed by atoms with Crippen LogP contribution in [0.1, 0.15) is 101 Å². The number of oxazole rings is 1. The zero-order chi connectivity index (χ0) is 33.9. The molecule has 258 valence electrons. The van der Waals surface area contributed by atoms with Gasteiger partial charge in [-0.05, 0) is 111 Å². The maximum absolute atomic E-state index is 14.5. The number of hydrogen-bond acceptors (Lipinski definition) is 8. The predicted molar refractivity (Wildman–Crippen MR) is 183 cm³/mol. The molecule has 0 unspecified atom stereocenters. The molecule has 10 nitrogen and oxygen atoms in total. The Hall–Kier alpha value is -3.92. The largest absolute Gasteiger partial charge is 0.496 e. The molecule has 4 saturated carbocycles. The van der Waals surface area contributed by atoms with Crippen LogP contribution in [0.25, 0.3) is 11.3 Å². The number of methoxy groups -OCH3 is 1. The second kappa shape index (κ2) is 14.3. The molecule has 3 aromatic rings. The van der Waals surface area contributed by atoms with Crippen molar-refractivity contribution in [1.82, 2.24) is 15.3 Å². The summed E-state index contributed by atoms with van der Waals surface area (Å²) in [5, 5.41) is 11.5. The number of carbonyl (C=O) groups is 2. The van der Waals surface area contributed by atoms with E-state index in [9.17, 15) is 9.59 Å². The predicted octanol–water partition coefficient (Wildman–Crippen LogP) is 7.08. The average Bonchev–Trinajstić information content (AvgIpc) is 3.62. The highest BCUT2D eigenvalue weighted by Gasteiger charge is 2.51. The number of alkyl carbamates (subject to hydrolysis) is 1. The molecule has 0 radical (unpaired) electrons. The zero-order valence-corrected chi connectivity index (χ0v) is 28.8. The molecule has 0 spiro atoms. The summed E-state index contributed by atoms with van der Waals surface area (Å²) in [4.78, 5) is 38.0. The van der Waals surface area contributed by atoms with Gasteiger partial charge in [0.1, 0.15) is 29.6 Å². The summed E-state index contributed by atoms with van der Waals surface area (Å²) >= 11 is 0. The van der Waals surface area contributed by atoms with E-state index >= 15 is 0 Å². The number of ether oxygens (including phenoxy) is 2. The fourth-order valence-electron chi connectivity index (χ4n) is 8.16. The monoisotopic (exact) mass is 658 g/mol. The topological polar surface area (TPSA) is 127 Å². The van der Waals surface area contributed by atoms with Gasteiger partial charge in [0.05, 0.1) is 13.7 Å². The first-order chi connectivity index (χ1) is 23.1. The van der Waals surface area contributed by atoms with Crippen LogP contribution in [-0.4, -0.2) is 60.0 Å². The van der Waals surface area contributed by atoms with Gasteiger partial charge in [-0.25, -0.2) is 14.8 Å². The number of nitrogens with one attached hydrogen (secondary N) is 1. The lowest BCUT2D eigenvalue weighted by Gasteiger charge is -2.55. The van der Waals surface area contributed by atoms with E-state index in [0.717, 1.165) is 55.5 Å². The minimum absolute atomic E-state index is 0.0282. The van der Waals surface area contributed by atoms with Crippen LogP contribution >= 0.6 is 0 Å². The lowest BCUT2D eigenvalue weighted by molar-refractivity contribution is -0.124. The van der Waals surface area contributed by atoms with Crippen LogP contribution in [0.2, 0.25) is 0 Å². The van der Waals surface area contributed by atoms with Crippen molar-refractivity contribution >= 4 is 17.8 Å². The number of nitrogens with zero attached hydrogens (tertiary/aromatic N) is 3. The maximum Gasteiger partial charge on any atom is 0.407 e. The van der Waals surface area contributed by atoms with Gasteiger partial charge in [-0.2, -0.15) is 0 Å². The number of amides is 2. The van der Waals surface area contributed by atoms with Crippen LogP contribution in [0.5, 0.6) is 5.75 Å². The SMILES string of the molecule is COc1ccc(C23CCC(CN(C(=O)C4CCC(OC(=O)NCCO)CC4)c4cc(-c5coc(C(C)C)n5)ccn4)(CC2)CC3)cc1C. The van der Waals surface area contributed by atoms with Crippen LogP contribution in [0.4, 0.5) is 10.6 Å². The second-order valence-electron chi connectivity index (χ2n) is 14.5. The van der Waals surface area contributed by atoms with E-state index in [2.05, 4.69) is 30.4 Å². The normalized spacial score (nSPS) is 25.1. The lowest BCUT2D eigenvalue weighted by Crippen LogP contribution is -2.52. The first-order valence-electron chi connectivity index (χ1n) is 17.6. The summed E-state index contributed by atoms with van der Waals surface area (Å²) in [6.45, 7) is 6.87. The summed E-state index contributed by atoms with van der Waals surface area (Å²) < 4.78 is 16.8. The summed E-state index contributed by atoms with van der Waals surface area (Å²) in [6, 6.07) is 10.6. The van der Waals surface area contributed by atoms with E-state index < -0.39 is 6.09 Å². The number of aromatic nitrogens is 2. The van der Waals surface area contributed by atoms with Gasteiger partial charge in [0.25, 0.3) is 0 Å². The molecule has 4 aliphatic carbocycles. The van der Waals surface area contributed by atoms with Crippen molar-refractivity contribution in [3.63, 3.8) is 0 Å². The first kappa shape index (κ1) is 34.0. The number of anilines is 1. The summed E-state index contributed by atoms with van der Waals surface area (Å²) in [7, 11) is 1.72. The number of benzene rings is 1. The van der Waals surface area contributed by atoms with Crippen molar-refractivity contribution in [2.75, 3.05) is 31.7 Å². The van der Waals surface area contributed by atoms with E-state index in [4.69, 9.17) is 29.0 Å². The third-order valence-electron chi connectivity index (χ3n) is 11.2. The molecular weight excluding hydrogens is 608 g/mol. The average molecular weight is 659 g/mol. The zero-order valence-electron chi connectivity index (χ0n) is 28.8. The molecule has 2 bridgehead atoms. The number of aryl methyl sites for hydroxylation is 1. The van der Waals surface area contributed by atoms with Gasteiger partial charge in [0.15, 0.2) is 5.89 Å². The molecule has 4 fully saturated rings. The molecule has 48 heavy (non-hydrogen) atoms. The van der Waals surface area contributed by atoms with Gasteiger partial charge in [0.2, 0.25) is 5.91 Å². The van der Waals surface area contributed by atoms with Gasteiger partial charge >= 0.3 is 6.09 Å². The van der Waals surface area contributed by atoms with Crippen LogP contribution in [-0.2, 0) is 14.9 Å². The molecule has 4 aliphatic rings. The third kappa shape index (κ3) is 7.09. The summed E-state index contributed by atoms with van der Waals surface area (Å²) in [6.07, 6.45) is 11.7. The van der Waals surface area contributed by atoms with Gasteiger partial charge in [-0.3, -0.25) is 9.69 Å².